The number of ether oxygens (including phenoxy) is 1. The number of nitrogens with zero attached hydrogens (tertiary/aromatic N) is 6. The second-order valence-corrected chi connectivity index (χ2v) is 11.0. The Labute approximate surface area is 210 Å². The van der Waals surface area contributed by atoms with E-state index in [1.165, 1.54) is 23.3 Å². The van der Waals surface area contributed by atoms with Gasteiger partial charge < -0.3 is 14.7 Å². The molecule has 4 rings (SSSR count). The molecule has 11 nitrogen and oxygen atoms in total. The van der Waals surface area contributed by atoms with E-state index in [1.54, 1.807) is 24.1 Å². The number of likely N-dealkylation sites (tertiary alicyclic amines) is 1. The first-order valence-electron chi connectivity index (χ1n) is 11.6. The number of amides is 1. The standard InChI is InChI=1S/C24H30N6O5S/c1-28(24(32)12-18-6-8-22(9-7-18)36(2,33)34)23(15-29-11-10-20(31)14-29)19-4-3-5-21(13-19)35-17-30-26-16-25-27-30/h3-9,13,16,20,23,31H,10-12,14-15,17H2,1-2H3/t20-,23-/m1/s1. The van der Waals surface area contributed by atoms with Gasteiger partial charge in [-0.05, 0) is 47.0 Å². The number of tetrazole rings is 1. The summed E-state index contributed by atoms with van der Waals surface area (Å²) in [4.78, 5) is 18.7. The van der Waals surface area contributed by atoms with Crippen molar-refractivity contribution >= 4 is 15.7 Å². The first-order valence-corrected chi connectivity index (χ1v) is 13.5. The second-order valence-electron chi connectivity index (χ2n) is 8.97. The van der Waals surface area contributed by atoms with Crippen molar-refractivity contribution in [2.45, 2.75) is 36.6 Å². The van der Waals surface area contributed by atoms with Crippen LogP contribution in [0.1, 0.15) is 23.6 Å². The maximum atomic E-state index is 13.3. The van der Waals surface area contributed by atoms with Crippen LogP contribution in [0.4, 0.5) is 0 Å². The van der Waals surface area contributed by atoms with Crippen LogP contribution in [-0.4, -0.2) is 88.5 Å². The Morgan fingerprint density at radius 1 is 1.25 bits per heavy atom. The summed E-state index contributed by atoms with van der Waals surface area (Å²) < 4.78 is 29.3. The molecule has 12 heteroatoms. The molecule has 2 heterocycles. The number of benzene rings is 2. The summed E-state index contributed by atoms with van der Waals surface area (Å²) in [7, 11) is -1.54. The first kappa shape index (κ1) is 25.7. The number of carbonyl (C=O) groups is 1. The molecule has 1 aliphatic heterocycles. The Morgan fingerprint density at radius 2 is 2.03 bits per heavy atom. The van der Waals surface area contributed by atoms with Crippen molar-refractivity contribution in [2.75, 3.05) is 32.9 Å². The number of rotatable bonds is 10. The van der Waals surface area contributed by atoms with Gasteiger partial charge in [-0.25, -0.2) is 8.42 Å². The number of aliphatic hydroxyl groups is 1. The topological polar surface area (TPSA) is 131 Å². The van der Waals surface area contributed by atoms with E-state index < -0.39 is 9.84 Å². The molecule has 0 bridgehead atoms. The highest BCUT2D eigenvalue weighted by molar-refractivity contribution is 7.90. The fourth-order valence-electron chi connectivity index (χ4n) is 4.19. The molecule has 0 aliphatic carbocycles. The van der Waals surface area contributed by atoms with Gasteiger partial charge in [-0.1, -0.05) is 24.3 Å². The molecule has 1 N–H and O–H groups in total. The Morgan fingerprint density at radius 3 is 2.67 bits per heavy atom. The van der Waals surface area contributed by atoms with E-state index >= 15 is 0 Å². The van der Waals surface area contributed by atoms with Gasteiger partial charge in [0.05, 0.1) is 23.5 Å². The van der Waals surface area contributed by atoms with Crippen LogP contribution in [0.3, 0.4) is 0 Å². The molecular weight excluding hydrogens is 484 g/mol. The minimum atomic E-state index is -3.30. The summed E-state index contributed by atoms with van der Waals surface area (Å²) in [6, 6.07) is 13.6. The fraction of sp³-hybridized carbons (Fsp3) is 0.417. The summed E-state index contributed by atoms with van der Waals surface area (Å²) in [6.07, 6.45) is 2.94. The lowest BCUT2D eigenvalue weighted by atomic mass is 10.0. The summed E-state index contributed by atoms with van der Waals surface area (Å²) in [5.74, 6) is 0.499. The number of likely N-dealkylation sites (N-methyl/N-ethyl adjacent to an activating group) is 1. The molecule has 1 aliphatic rings. The van der Waals surface area contributed by atoms with Gasteiger partial charge in [-0.15, -0.1) is 15.0 Å². The monoisotopic (exact) mass is 514 g/mol. The third-order valence-electron chi connectivity index (χ3n) is 6.23. The Kier molecular flexibility index (Phi) is 7.97. The fourth-order valence-corrected chi connectivity index (χ4v) is 4.82. The van der Waals surface area contributed by atoms with E-state index in [0.717, 1.165) is 23.9 Å². The van der Waals surface area contributed by atoms with Crippen molar-refractivity contribution < 1.29 is 23.1 Å². The molecule has 2 aromatic carbocycles. The zero-order valence-electron chi connectivity index (χ0n) is 20.3. The molecule has 1 fully saturated rings. The molecular formula is C24H30N6O5S. The average molecular weight is 515 g/mol. The van der Waals surface area contributed by atoms with Crippen LogP contribution >= 0.6 is 0 Å². The van der Waals surface area contributed by atoms with Crippen LogP contribution in [0.15, 0.2) is 59.8 Å². The molecule has 0 spiro atoms. The summed E-state index contributed by atoms with van der Waals surface area (Å²) in [5.41, 5.74) is 1.62. The maximum Gasteiger partial charge on any atom is 0.227 e. The van der Waals surface area contributed by atoms with Crippen LogP contribution in [-0.2, 0) is 27.8 Å². The predicted octanol–water partition coefficient (Wildman–Crippen LogP) is 0.922. The van der Waals surface area contributed by atoms with Gasteiger partial charge in [0.2, 0.25) is 12.6 Å². The van der Waals surface area contributed by atoms with Crippen molar-refractivity contribution in [2.24, 2.45) is 0 Å². The molecule has 1 amide bonds. The van der Waals surface area contributed by atoms with Gasteiger partial charge in [-0.2, -0.15) is 0 Å². The van der Waals surface area contributed by atoms with Crippen LogP contribution in [0.2, 0.25) is 0 Å². The summed E-state index contributed by atoms with van der Waals surface area (Å²) >= 11 is 0. The zero-order chi connectivity index (χ0) is 25.7. The van der Waals surface area contributed by atoms with E-state index in [0.29, 0.717) is 25.3 Å². The number of β-amino-alcohol motifs (C(OH)–C–C–N with tert-alkyl or cyclic N) is 1. The molecule has 1 aromatic heterocycles. The van der Waals surface area contributed by atoms with E-state index in [-0.39, 0.29) is 36.1 Å². The van der Waals surface area contributed by atoms with Crippen molar-refractivity contribution in [3.8, 4) is 5.75 Å². The zero-order valence-corrected chi connectivity index (χ0v) is 21.1. The van der Waals surface area contributed by atoms with Crippen molar-refractivity contribution in [1.82, 2.24) is 30.0 Å². The van der Waals surface area contributed by atoms with Gasteiger partial charge in [0.25, 0.3) is 0 Å². The van der Waals surface area contributed by atoms with Crippen LogP contribution in [0.5, 0.6) is 5.75 Å². The molecule has 0 saturated carbocycles. The van der Waals surface area contributed by atoms with Crippen LogP contribution < -0.4 is 4.74 Å². The van der Waals surface area contributed by atoms with Crippen LogP contribution in [0.25, 0.3) is 0 Å². The largest absolute Gasteiger partial charge is 0.469 e. The van der Waals surface area contributed by atoms with E-state index in [1.807, 2.05) is 24.3 Å². The summed E-state index contributed by atoms with van der Waals surface area (Å²) in [5, 5.41) is 21.4. The minimum absolute atomic E-state index is 0.102. The number of hydrogen-bond donors (Lipinski definition) is 1. The lowest BCUT2D eigenvalue weighted by Crippen LogP contribution is -2.39. The quantitative estimate of drug-likeness (QED) is 0.420. The highest BCUT2D eigenvalue weighted by Crippen LogP contribution is 2.27. The number of hydrogen-bond acceptors (Lipinski definition) is 9. The molecule has 2 atom stereocenters. The van der Waals surface area contributed by atoms with Crippen LogP contribution in [0, 0.1) is 0 Å². The third kappa shape index (κ3) is 6.65. The van der Waals surface area contributed by atoms with Crippen molar-refractivity contribution in [1.29, 1.82) is 0 Å². The van der Waals surface area contributed by atoms with Gasteiger partial charge in [-0.3, -0.25) is 9.69 Å². The number of aliphatic hydroxyl groups excluding tert-OH is 1. The Hall–Kier alpha value is -3.35. The molecule has 3 aromatic rings. The van der Waals surface area contributed by atoms with E-state index in [4.69, 9.17) is 4.74 Å². The lowest BCUT2D eigenvalue weighted by Gasteiger charge is -2.32. The van der Waals surface area contributed by atoms with E-state index in [9.17, 15) is 18.3 Å². The lowest BCUT2D eigenvalue weighted by molar-refractivity contribution is -0.131. The van der Waals surface area contributed by atoms with E-state index in [2.05, 4.69) is 20.3 Å². The molecule has 36 heavy (non-hydrogen) atoms. The smallest absolute Gasteiger partial charge is 0.227 e. The molecule has 0 radical (unpaired) electrons. The number of sulfone groups is 1. The van der Waals surface area contributed by atoms with Gasteiger partial charge >= 0.3 is 0 Å². The first-order chi connectivity index (χ1) is 17.2. The molecule has 1 saturated heterocycles. The molecule has 192 valence electrons. The predicted molar refractivity (Wildman–Crippen MR) is 131 cm³/mol. The highest BCUT2D eigenvalue weighted by Gasteiger charge is 2.28. The second kappa shape index (κ2) is 11.1. The Balaban J connectivity index is 1.51. The number of carbonyl (C=O) groups excluding carboxylic acids is 1. The highest BCUT2D eigenvalue weighted by atomic mass is 32.2. The normalized spacial score (nSPS) is 17.1. The van der Waals surface area contributed by atoms with Gasteiger partial charge in [0, 0.05) is 32.9 Å². The van der Waals surface area contributed by atoms with Gasteiger partial charge in [0.15, 0.2) is 16.2 Å². The van der Waals surface area contributed by atoms with Crippen molar-refractivity contribution in [3.05, 3.63) is 66.0 Å². The number of aromatic nitrogens is 4. The SMILES string of the molecule is CN(C(=O)Cc1ccc(S(C)(=O)=O)cc1)[C@H](CN1CC[C@@H](O)C1)c1cccc(OCn2ncnn2)c1. The summed E-state index contributed by atoms with van der Waals surface area (Å²) in [6.45, 7) is 1.96. The Bertz CT molecular complexity index is 1270. The van der Waals surface area contributed by atoms with Crippen molar-refractivity contribution in [3.63, 3.8) is 0 Å². The molecule has 0 unspecified atom stereocenters. The minimum Gasteiger partial charge on any atom is -0.469 e. The van der Waals surface area contributed by atoms with Gasteiger partial charge in [0.1, 0.15) is 5.75 Å². The maximum absolute atomic E-state index is 13.3. The average Bonchev–Trinajstić information content (AvgIpc) is 3.52. The third-order valence-corrected chi connectivity index (χ3v) is 7.36.